The van der Waals surface area contributed by atoms with E-state index in [1.54, 1.807) is 0 Å². The third kappa shape index (κ3) is 6.14. The van der Waals surface area contributed by atoms with E-state index in [0.29, 0.717) is 0 Å². The zero-order chi connectivity index (χ0) is 19.3. The van der Waals surface area contributed by atoms with E-state index in [-0.39, 0.29) is 36.8 Å². The van der Waals surface area contributed by atoms with Crippen molar-refractivity contribution in [1.29, 1.82) is 0 Å². The van der Waals surface area contributed by atoms with Gasteiger partial charge in [0.25, 0.3) is 0 Å². The molecule has 3 saturated heterocycles. The van der Waals surface area contributed by atoms with Crippen LogP contribution in [0.4, 0.5) is 0 Å². The zero-order valence-electron chi connectivity index (χ0n) is 17.5. The maximum Gasteiger partial charge on any atom is 0.187 e. The monoisotopic (exact) mass is 384 g/mol. The van der Waals surface area contributed by atoms with E-state index in [9.17, 15) is 5.11 Å². The molecule has 3 fully saturated rings. The van der Waals surface area contributed by atoms with Gasteiger partial charge in [-0.15, -0.1) is 0 Å². The Morgan fingerprint density at radius 1 is 0.852 bits per heavy atom. The lowest BCUT2D eigenvalue weighted by Crippen LogP contribution is -2.33. The topological polar surface area (TPSA) is 57.2 Å². The van der Waals surface area contributed by atoms with Gasteiger partial charge in [-0.2, -0.15) is 0 Å². The van der Waals surface area contributed by atoms with Gasteiger partial charge < -0.3 is 24.1 Å². The number of hydrogen-bond acceptors (Lipinski definition) is 5. The lowest BCUT2D eigenvalue weighted by molar-refractivity contribution is -0.217. The van der Waals surface area contributed by atoms with Crippen LogP contribution >= 0.6 is 0 Å². The first-order chi connectivity index (χ1) is 13.0. The molecule has 1 N–H and O–H groups in total. The van der Waals surface area contributed by atoms with E-state index in [0.717, 1.165) is 32.1 Å². The maximum absolute atomic E-state index is 10.5. The Morgan fingerprint density at radius 2 is 1.56 bits per heavy atom. The van der Waals surface area contributed by atoms with Crippen LogP contribution in [0.2, 0.25) is 0 Å². The van der Waals surface area contributed by atoms with Crippen molar-refractivity contribution in [3.05, 3.63) is 0 Å². The molecule has 0 aliphatic carbocycles. The second kappa shape index (κ2) is 10.0. The van der Waals surface area contributed by atoms with Crippen molar-refractivity contribution >= 4 is 0 Å². The van der Waals surface area contributed by atoms with E-state index in [4.69, 9.17) is 18.9 Å². The first-order valence-electron chi connectivity index (χ1n) is 11.3. The molecule has 6 atom stereocenters. The molecule has 5 heteroatoms. The molecule has 3 heterocycles. The lowest BCUT2D eigenvalue weighted by atomic mass is 10.0. The molecule has 0 aromatic rings. The number of ether oxygens (including phenoxy) is 4. The highest BCUT2D eigenvalue weighted by molar-refractivity contribution is 4.92. The average Bonchev–Trinajstić information content (AvgIpc) is 3.29. The normalized spacial score (nSPS) is 36.2. The summed E-state index contributed by atoms with van der Waals surface area (Å²) in [5, 5.41) is 10.5. The summed E-state index contributed by atoms with van der Waals surface area (Å²) in [6.07, 6.45) is 13.3. The van der Waals surface area contributed by atoms with Gasteiger partial charge in [0.15, 0.2) is 12.1 Å². The molecule has 0 aromatic carbocycles. The van der Waals surface area contributed by atoms with Crippen molar-refractivity contribution in [1.82, 2.24) is 0 Å². The van der Waals surface area contributed by atoms with Crippen molar-refractivity contribution in [2.45, 2.75) is 140 Å². The first kappa shape index (κ1) is 21.5. The highest BCUT2D eigenvalue weighted by Crippen LogP contribution is 2.40. The second-order valence-corrected chi connectivity index (χ2v) is 9.07. The van der Waals surface area contributed by atoms with Crippen LogP contribution in [-0.4, -0.2) is 47.7 Å². The molecule has 0 amide bonds. The Kier molecular flexibility index (Phi) is 7.98. The van der Waals surface area contributed by atoms with E-state index in [1.807, 2.05) is 13.8 Å². The fourth-order valence-corrected chi connectivity index (χ4v) is 4.69. The van der Waals surface area contributed by atoms with Crippen LogP contribution in [0.25, 0.3) is 0 Å². The molecule has 0 saturated carbocycles. The number of fused-ring (bicyclic) bond motifs is 1. The summed E-state index contributed by atoms with van der Waals surface area (Å²) in [6, 6.07) is 0. The van der Waals surface area contributed by atoms with Gasteiger partial charge >= 0.3 is 0 Å². The standard InChI is InChI=1S/C22H40O5/c1-4-5-6-7-8-9-10-11-12-16(23)17-13-14-18(24-17)19-15-20-21(25-19)27-22(2,3)26-20/h16-21,23H,4-15H2,1-3H3/t16-,17+,18+,19+,20+,21+/m0/s1. The second-order valence-electron chi connectivity index (χ2n) is 9.07. The molecule has 27 heavy (non-hydrogen) atoms. The number of hydrogen-bond donors (Lipinski definition) is 1. The molecule has 158 valence electrons. The summed E-state index contributed by atoms with van der Waals surface area (Å²) in [4.78, 5) is 0. The van der Waals surface area contributed by atoms with E-state index in [1.165, 1.54) is 44.9 Å². The minimum atomic E-state index is -0.550. The molecular weight excluding hydrogens is 344 g/mol. The van der Waals surface area contributed by atoms with Crippen LogP contribution in [-0.2, 0) is 18.9 Å². The Bertz CT molecular complexity index is 424. The third-order valence-corrected chi connectivity index (χ3v) is 6.19. The molecule has 0 unspecified atom stereocenters. The fourth-order valence-electron chi connectivity index (χ4n) is 4.69. The van der Waals surface area contributed by atoms with E-state index in [2.05, 4.69) is 6.92 Å². The third-order valence-electron chi connectivity index (χ3n) is 6.19. The Morgan fingerprint density at radius 3 is 2.26 bits per heavy atom. The predicted molar refractivity (Wildman–Crippen MR) is 104 cm³/mol. The van der Waals surface area contributed by atoms with E-state index >= 15 is 0 Å². The average molecular weight is 385 g/mol. The Balaban J connectivity index is 1.27. The predicted octanol–water partition coefficient (Wildman–Crippen LogP) is 4.69. The molecule has 0 bridgehead atoms. The number of aliphatic hydroxyl groups is 1. The highest BCUT2D eigenvalue weighted by atomic mass is 16.8. The van der Waals surface area contributed by atoms with Crippen LogP contribution in [0.15, 0.2) is 0 Å². The van der Waals surface area contributed by atoms with Crippen LogP contribution in [0, 0.1) is 0 Å². The minimum absolute atomic E-state index is 0.00917. The molecule has 0 spiro atoms. The summed E-state index contributed by atoms with van der Waals surface area (Å²) < 4.78 is 23.9. The lowest BCUT2D eigenvalue weighted by Gasteiger charge is -2.24. The molecule has 0 aromatic heterocycles. The molecule has 3 rings (SSSR count). The molecule has 0 radical (unpaired) electrons. The highest BCUT2D eigenvalue weighted by Gasteiger charge is 2.51. The fraction of sp³-hybridized carbons (Fsp3) is 1.00. The Hall–Kier alpha value is -0.200. The maximum atomic E-state index is 10.5. The largest absolute Gasteiger partial charge is 0.390 e. The van der Waals surface area contributed by atoms with Crippen molar-refractivity contribution in [3.8, 4) is 0 Å². The van der Waals surface area contributed by atoms with Gasteiger partial charge in [0.05, 0.1) is 24.4 Å². The van der Waals surface area contributed by atoms with Crippen molar-refractivity contribution in [2.24, 2.45) is 0 Å². The van der Waals surface area contributed by atoms with Crippen molar-refractivity contribution in [3.63, 3.8) is 0 Å². The zero-order valence-corrected chi connectivity index (χ0v) is 17.5. The Labute approximate surface area is 165 Å². The van der Waals surface area contributed by atoms with Crippen LogP contribution in [0.3, 0.4) is 0 Å². The summed E-state index contributed by atoms with van der Waals surface area (Å²) in [5.41, 5.74) is 0. The molecule has 5 nitrogen and oxygen atoms in total. The molecular formula is C22H40O5. The van der Waals surface area contributed by atoms with Gasteiger partial charge in [-0.25, -0.2) is 0 Å². The van der Waals surface area contributed by atoms with Gasteiger partial charge in [-0.3, -0.25) is 0 Å². The van der Waals surface area contributed by atoms with Gasteiger partial charge in [-0.1, -0.05) is 58.3 Å². The van der Waals surface area contributed by atoms with E-state index < -0.39 is 5.79 Å². The number of aliphatic hydroxyl groups excluding tert-OH is 1. The van der Waals surface area contributed by atoms with Crippen molar-refractivity contribution < 1.29 is 24.1 Å². The van der Waals surface area contributed by atoms with Crippen LogP contribution in [0.5, 0.6) is 0 Å². The van der Waals surface area contributed by atoms with Gasteiger partial charge in [0.1, 0.15) is 6.10 Å². The summed E-state index contributed by atoms with van der Waals surface area (Å²) in [6.45, 7) is 6.10. The van der Waals surface area contributed by atoms with Crippen molar-refractivity contribution in [2.75, 3.05) is 0 Å². The van der Waals surface area contributed by atoms with Gasteiger partial charge in [0, 0.05) is 6.42 Å². The molecule has 3 aliphatic rings. The molecule has 3 aliphatic heterocycles. The minimum Gasteiger partial charge on any atom is -0.390 e. The summed E-state index contributed by atoms with van der Waals surface area (Å²) >= 11 is 0. The summed E-state index contributed by atoms with van der Waals surface area (Å²) in [7, 11) is 0. The number of rotatable bonds is 11. The van der Waals surface area contributed by atoms with Gasteiger partial charge in [-0.05, 0) is 33.1 Å². The van der Waals surface area contributed by atoms with Gasteiger partial charge in [0.2, 0.25) is 0 Å². The quantitative estimate of drug-likeness (QED) is 0.524. The van der Waals surface area contributed by atoms with Crippen LogP contribution < -0.4 is 0 Å². The smallest absolute Gasteiger partial charge is 0.187 e. The van der Waals surface area contributed by atoms with Crippen LogP contribution in [0.1, 0.15) is 97.8 Å². The number of unbranched alkanes of at least 4 members (excludes halogenated alkanes) is 7. The summed E-state index contributed by atoms with van der Waals surface area (Å²) in [5.74, 6) is -0.550. The first-order valence-corrected chi connectivity index (χ1v) is 11.3. The SMILES string of the molecule is CCCCCCCCCC[C@H](O)[C@H]1CC[C@H]([C@H]2C[C@H]3OC(C)(C)O[C@H]3O2)O1.